The highest BCUT2D eigenvalue weighted by molar-refractivity contribution is 5.82. The molecule has 0 aliphatic carbocycles. The minimum absolute atomic E-state index is 0.145. The van der Waals surface area contributed by atoms with Gasteiger partial charge in [-0.3, -0.25) is 0 Å². The van der Waals surface area contributed by atoms with E-state index in [9.17, 15) is 0 Å². The van der Waals surface area contributed by atoms with Crippen molar-refractivity contribution < 1.29 is 9.15 Å². The van der Waals surface area contributed by atoms with Crippen molar-refractivity contribution in [2.24, 2.45) is 0 Å². The number of hydrogen-bond donors (Lipinski definition) is 1. The minimum Gasteiger partial charge on any atom is -0.459 e. The molecule has 19 heavy (non-hydrogen) atoms. The van der Waals surface area contributed by atoms with Gasteiger partial charge in [0.1, 0.15) is 11.3 Å². The largest absolute Gasteiger partial charge is 0.459 e. The van der Waals surface area contributed by atoms with Crippen molar-refractivity contribution in [2.75, 3.05) is 6.54 Å². The van der Waals surface area contributed by atoms with Crippen LogP contribution in [0.1, 0.15) is 39.0 Å². The number of ether oxygens (including phenoxy) is 1. The van der Waals surface area contributed by atoms with Crippen molar-refractivity contribution in [3.05, 3.63) is 35.6 Å². The van der Waals surface area contributed by atoms with Crippen LogP contribution >= 0.6 is 0 Å². The number of fused-ring (bicyclic) bond motifs is 1. The molecule has 0 spiro atoms. The summed E-state index contributed by atoms with van der Waals surface area (Å²) in [6.07, 6.45) is 0. The molecule has 0 radical (unpaired) electrons. The first-order valence-electron chi connectivity index (χ1n) is 6.85. The second kappa shape index (κ2) is 5.76. The van der Waals surface area contributed by atoms with E-state index in [1.807, 2.05) is 18.2 Å². The molecule has 0 bridgehead atoms. The van der Waals surface area contributed by atoms with Crippen LogP contribution in [0, 0.1) is 0 Å². The van der Waals surface area contributed by atoms with Gasteiger partial charge in [0.15, 0.2) is 0 Å². The second-order valence-electron chi connectivity index (χ2n) is 5.68. The molecule has 0 atom stereocenters. The van der Waals surface area contributed by atoms with Crippen molar-refractivity contribution in [1.29, 1.82) is 0 Å². The molecule has 104 valence electrons. The van der Waals surface area contributed by atoms with Gasteiger partial charge in [0, 0.05) is 10.9 Å². The molecule has 3 heteroatoms. The quantitative estimate of drug-likeness (QED) is 0.887. The second-order valence-corrected chi connectivity index (χ2v) is 5.68. The molecule has 0 aliphatic rings. The Bertz CT molecular complexity index is 537. The Morgan fingerprint density at radius 2 is 1.95 bits per heavy atom. The van der Waals surface area contributed by atoms with E-state index < -0.39 is 0 Å². The fourth-order valence-corrected chi connectivity index (χ4v) is 1.98. The summed E-state index contributed by atoms with van der Waals surface area (Å²) < 4.78 is 11.8. The van der Waals surface area contributed by atoms with E-state index in [1.54, 1.807) is 0 Å². The van der Waals surface area contributed by atoms with Crippen LogP contribution in [0.3, 0.4) is 0 Å². The predicted molar refractivity (Wildman–Crippen MR) is 78.1 cm³/mol. The summed E-state index contributed by atoms with van der Waals surface area (Å²) in [6, 6.07) is 8.13. The Hall–Kier alpha value is -1.32. The Kier molecular flexibility index (Phi) is 4.27. The molecule has 2 aromatic rings. The van der Waals surface area contributed by atoms with Crippen LogP contribution in [0.5, 0.6) is 0 Å². The van der Waals surface area contributed by atoms with E-state index in [2.05, 4.69) is 39.1 Å². The number of rotatable bonds is 5. The summed E-state index contributed by atoms with van der Waals surface area (Å²) in [5, 5.41) is 4.47. The molecule has 1 heterocycles. The van der Waals surface area contributed by atoms with Crippen LogP contribution in [0.2, 0.25) is 0 Å². The third-order valence-electron chi connectivity index (χ3n) is 2.97. The van der Waals surface area contributed by atoms with Crippen LogP contribution in [0.15, 0.2) is 28.7 Å². The van der Waals surface area contributed by atoms with E-state index in [4.69, 9.17) is 9.15 Å². The molecule has 1 aromatic carbocycles. The van der Waals surface area contributed by atoms with Crippen molar-refractivity contribution in [1.82, 2.24) is 5.32 Å². The molecule has 2 rings (SSSR count). The fourth-order valence-electron chi connectivity index (χ4n) is 1.98. The summed E-state index contributed by atoms with van der Waals surface area (Å²) in [7, 11) is 0. The van der Waals surface area contributed by atoms with Crippen molar-refractivity contribution in [2.45, 2.75) is 46.4 Å². The van der Waals surface area contributed by atoms with Gasteiger partial charge in [-0.25, -0.2) is 0 Å². The Morgan fingerprint density at radius 3 is 2.63 bits per heavy atom. The predicted octanol–water partition coefficient (Wildman–Crippen LogP) is 3.86. The normalized spacial score (nSPS) is 12.2. The van der Waals surface area contributed by atoms with Crippen molar-refractivity contribution >= 4 is 11.0 Å². The van der Waals surface area contributed by atoms with E-state index in [0.29, 0.717) is 6.61 Å². The third kappa shape index (κ3) is 3.58. The zero-order valence-corrected chi connectivity index (χ0v) is 12.2. The van der Waals surface area contributed by atoms with E-state index >= 15 is 0 Å². The highest BCUT2D eigenvalue weighted by Gasteiger charge is 2.17. The maximum absolute atomic E-state index is 5.92. The topological polar surface area (TPSA) is 34.4 Å². The zero-order valence-electron chi connectivity index (χ0n) is 12.2. The number of nitrogens with one attached hydrogen (secondary N) is 1. The van der Waals surface area contributed by atoms with Crippen molar-refractivity contribution in [3.63, 3.8) is 0 Å². The molecule has 0 aliphatic heterocycles. The molecule has 0 amide bonds. The summed E-state index contributed by atoms with van der Waals surface area (Å²) in [4.78, 5) is 0. The summed E-state index contributed by atoms with van der Waals surface area (Å²) in [5.74, 6) is 0.979. The molecule has 0 fully saturated rings. The van der Waals surface area contributed by atoms with Gasteiger partial charge in [0.2, 0.25) is 0 Å². The average molecular weight is 261 g/mol. The van der Waals surface area contributed by atoms with Crippen LogP contribution in [-0.4, -0.2) is 12.1 Å². The summed E-state index contributed by atoms with van der Waals surface area (Å²) in [6.45, 7) is 10.6. The molecule has 0 saturated carbocycles. The van der Waals surface area contributed by atoms with E-state index in [0.717, 1.165) is 35.4 Å². The summed E-state index contributed by atoms with van der Waals surface area (Å²) in [5.41, 5.74) is 1.95. The molecular weight excluding hydrogens is 238 g/mol. The van der Waals surface area contributed by atoms with Crippen molar-refractivity contribution in [3.8, 4) is 0 Å². The highest BCUT2D eigenvalue weighted by Crippen LogP contribution is 2.27. The first-order valence-corrected chi connectivity index (χ1v) is 6.85. The van der Waals surface area contributed by atoms with Gasteiger partial charge in [-0.1, -0.05) is 25.1 Å². The lowest BCUT2D eigenvalue weighted by atomic mass is 10.1. The Morgan fingerprint density at radius 1 is 1.21 bits per heavy atom. The Balaban J connectivity index is 2.31. The molecule has 3 nitrogen and oxygen atoms in total. The summed E-state index contributed by atoms with van der Waals surface area (Å²) >= 11 is 0. The maximum atomic E-state index is 5.92. The lowest BCUT2D eigenvalue weighted by Crippen LogP contribution is -2.19. The van der Waals surface area contributed by atoms with Crippen LogP contribution < -0.4 is 5.32 Å². The van der Waals surface area contributed by atoms with Gasteiger partial charge < -0.3 is 14.5 Å². The highest BCUT2D eigenvalue weighted by atomic mass is 16.5. The van der Waals surface area contributed by atoms with E-state index in [1.165, 1.54) is 0 Å². The smallest absolute Gasteiger partial charge is 0.134 e. The number of furan rings is 1. The van der Waals surface area contributed by atoms with Gasteiger partial charge in [-0.2, -0.15) is 0 Å². The SMILES string of the molecule is CCNCc1oc2ccccc2c1COC(C)(C)C. The molecular formula is C16H23NO2. The first-order chi connectivity index (χ1) is 9.01. The molecule has 0 unspecified atom stereocenters. The fraction of sp³-hybridized carbons (Fsp3) is 0.500. The van der Waals surface area contributed by atoms with Crippen LogP contribution in [-0.2, 0) is 17.9 Å². The van der Waals surface area contributed by atoms with Gasteiger partial charge >= 0.3 is 0 Å². The molecule has 1 N–H and O–H groups in total. The number of hydrogen-bond acceptors (Lipinski definition) is 3. The van der Waals surface area contributed by atoms with Crippen LogP contribution in [0.4, 0.5) is 0 Å². The molecule has 1 aromatic heterocycles. The third-order valence-corrected chi connectivity index (χ3v) is 2.97. The average Bonchev–Trinajstić information content (AvgIpc) is 2.70. The monoisotopic (exact) mass is 261 g/mol. The minimum atomic E-state index is -0.145. The van der Waals surface area contributed by atoms with Gasteiger partial charge in [-0.05, 0) is 33.4 Å². The van der Waals surface area contributed by atoms with Gasteiger partial charge in [0.05, 0.1) is 18.8 Å². The zero-order chi connectivity index (χ0) is 13.9. The number of para-hydroxylation sites is 1. The molecule has 0 saturated heterocycles. The maximum Gasteiger partial charge on any atom is 0.134 e. The lowest BCUT2D eigenvalue weighted by Gasteiger charge is -2.19. The van der Waals surface area contributed by atoms with Gasteiger partial charge in [0.25, 0.3) is 0 Å². The first kappa shape index (κ1) is 14.1. The lowest BCUT2D eigenvalue weighted by molar-refractivity contribution is -0.0150. The van der Waals surface area contributed by atoms with Crippen LogP contribution in [0.25, 0.3) is 11.0 Å². The number of benzene rings is 1. The van der Waals surface area contributed by atoms with E-state index in [-0.39, 0.29) is 5.60 Å². The standard InChI is InChI=1S/C16H23NO2/c1-5-17-10-15-13(11-18-16(2,3)4)12-8-6-7-9-14(12)19-15/h6-9,17H,5,10-11H2,1-4H3. The van der Waals surface area contributed by atoms with Gasteiger partial charge in [-0.15, -0.1) is 0 Å². The Labute approximate surface area is 114 Å².